The summed E-state index contributed by atoms with van der Waals surface area (Å²) in [5, 5.41) is 6.25. The molecular weight excluding hydrogens is 598 g/mol. The molecule has 0 saturated heterocycles. The van der Waals surface area contributed by atoms with Gasteiger partial charge in [-0.1, -0.05) is 152 Å². The van der Waals surface area contributed by atoms with Crippen LogP contribution in [-0.4, -0.2) is 11.3 Å². The molecule has 1 atom stereocenters. The molecule has 2 aliphatic carbocycles. The van der Waals surface area contributed by atoms with Crippen molar-refractivity contribution in [1.29, 1.82) is 0 Å². The summed E-state index contributed by atoms with van der Waals surface area (Å²) in [5.74, 6) is 0.901. The summed E-state index contributed by atoms with van der Waals surface area (Å²) in [6.07, 6.45) is 11.4. The van der Waals surface area contributed by atoms with Crippen LogP contribution in [-0.2, 0) is 17.1 Å². The third-order valence-electron chi connectivity index (χ3n) is 9.22. The fraction of sp³-hybridized carbons (Fsp3) is 0.400. The third kappa shape index (κ3) is 9.15. The summed E-state index contributed by atoms with van der Waals surface area (Å²) >= 11 is 0. The standard InChI is InChI=1S/C23H31P.C17H19P.Fe/c1-16-10-17(2)13-22(12-16)24(20(5)21-8-6-7-9-21)23-14-18(3)11-19(4)15-23;1-3-9-15(10-4-1)18(17-13-7-8-14-17)16-11-5-2-6-12-16;/h10-15,20-21H,6-9H2,1-5H3;1-6,9-12,17H,7-8,13-14H2;/t20-;;/m1../s1. The Balaban J connectivity index is 0.000000199. The van der Waals surface area contributed by atoms with Crippen LogP contribution in [0.2, 0.25) is 0 Å². The smallest absolute Gasteiger partial charge is 0 e. The Kier molecular flexibility index (Phi) is 13.1. The molecule has 0 radical (unpaired) electrons. The van der Waals surface area contributed by atoms with E-state index in [1.807, 2.05) is 0 Å². The summed E-state index contributed by atoms with van der Waals surface area (Å²) in [6.45, 7) is 11.5. The minimum atomic E-state index is -0.288. The van der Waals surface area contributed by atoms with Gasteiger partial charge in [-0.3, -0.25) is 0 Å². The molecule has 2 saturated carbocycles. The average Bonchev–Trinajstić information content (AvgIpc) is 3.70. The Morgan fingerprint density at radius 3 is 1.28 bits per heavy atom. The molecular formula is C40H50FeP2. The Hall–Kier alpha value is -1.74. The SMILES string of the molecule is Cc1cc(C)cc(P(c2cc(C)cc(C)c2)[C@H](C)C2CCCC2)c1.[Fe].c1ccc(P(c2ccccc2)C2CCCC2)cc1. The average molecular weight is 649 g/mol. The molecule has 0 nitrogen and oxygen atoms in total. The molecule has 0 unspecified atom stereocenters. The number of hydrogen-bond donors (Lipinski definition) is 0. The summed E-state index contributed by atoms with van der Waals surface area (Å²) in [7, 11) is -0.440. The molecule has 0 bridgehead atoms. The van der Waals surface area contributed by atoms with Crippen LogP contribution < -0.4 is 21.2 Å². The van der Waals surface area contributed by atoms with Gasteiger partial charge in [0.1, 0.15) is 0 Å². The van der Waals surface area contributed by atoms with Crippen molar-refractivity contribution in [3.8, 4) is 0 Å². The van der Waals surface area contributed by atoms with E-state index in [0.717, 1.165) is 17.2 Å². The van der Waals surface area contributed by atoms with E-state index in [2.05, 4.69) is 132 Å². The zero-order valence-electron chi connectivity index (χ0n) is 26.9. The Morgan fingerprint density at radius 2 is 0.884 bits per heavy atom. The molecule has 4 aromatic rings. The van der Waals surface area contributed by atoms with Crippen molar-refractivity contribution >= 4 is 37.1 Å². The topological polar surface area (TPSA) is 0 Å². The molecule has 0 amide bonds. The summed E-state index contributed by atoms with van der Waals surface area (Å²) in [6, 6.07) is 36.6. The van der Waals surface area contributed by atoms with Crippen LogP contribution in [0.5, 0.6) is 0 Å². The second-order valence-electron chi connectivity index (χ2n) is 12.8. The Bertz CT molecular complexity index is 1270. The Labute approximate surface area is 275 Å². The van der Waals surface area contributed by atoms with Gasteiger partial charge < -0.3 is 0 Å². The van der Waals surface area contributed by atoms with Gasteiger partial charge in [-0.2, -0.15) is 0 Å². The Morgan fingerprint density at radius 1 is 0.512 bits per heavy atom. The van der Waals surface area contributed by atoms with Crippen molar-refractivity contribution in [3.63, 3.8) is 0 Å². The molecule has 6 rings (SSSR count). The molecule has 0 spiro atoms. The maximum Gasteiger partial charge on any atom is 0 e. The van der Waals surface area contributed by atoms with Crippen LogP contribution >= 0.6 is 15.8 Å². The number of hydrogen-bond acceptors (Lipinski definition) is 0. The third-order valence-corrected chi connectivity index (χ3v) is 15.0. The largest absolute Gasteiger partial charge is 0.0622 e. The first-order valence-corrected chi connectivity index (χ1v) is 19.1. The predicted molar refractivity (Wildman–Crippen MR) is 191 cm³/mol. The first-order valence-electron chi connectivity index (χ1n) is 16.2. The van der Waals surface area contributed by atoms with Crippen LogP contribution in [0.25, 0.3) is 0 Å². The first-order chi connectivity index (χ1) is 20.4. The number of aryl methyl sites for hydroxylation is 4. The maximum atomic E-state index is 2.52. The van der Waals surface area contributed by atoms with Crippen LogP contribution in [0.15, 0.2) is 97.1 Å². The van der Waals surface area contributed by atoms with Gasteiger partial charge in [0, 0.05) is 17.1 Å². The normalized spacial score (nSPS) is 16.2. The zero-order valence-corrected chi connectivity index (χ0v) is 29.8. The molecule has 2 aliphatic rings. The second kappa shape index (κ2) is 16.5. The van der Waals surface area contributed by atoms with E-state index < -0.39 is 0 Å². The number of rotatable bonds is 7. The van der Waals surface area contributed by atoms with Gasteiger partial charge in [-0.05, 0) is 108 Å². The molecule has 4 aromatic carbocycles. The van der Waals surface area contributed by atoms with Crippen molar-refractivity contribution in [1.82, 2.24) is 0 Å². The molecule has 43 heavy (non-hydrogen) atoms. The zero-order chi connectivity index (χ0) is 29.5. The summed E-state index contributed by atoms with van der Waals surface area (Å²) in [5.41, 5.74) is 7.27. The van der Waals surface area contributed by atoms with Crippen molar-refractivity contribution < 1.29 is 17.1 Å². The van der Waals surface area contributed by atoms with E-state index in [1.54, 1.807) is 21.2 Å². The molecule has 0 aromatic heterocycles. The molecule has 228 valence electrons. The summed E-state index contributed by atoms with van der Waals surface area (Å²) < 4.78 is 0. The van der Waals surface area contributed by atoms with Gasteiger partial charge in [0.25, 0.3) is 0 Å². The monoisotopic (exact) mass is 648 g/mol. The van der Waals surface area contributed by atoms with E-state index in [-0.39, 0.29) is 32.9 Å². The van der Waals surface area contributed by atoms with E-state index in [4.69, 9.17) is 0 Å². The van der Waals surface area contributed by atoms with Crippen molar-refractivity contribution in [2.75, 3.05) is 0 Å². The molecule has 0 N–H and O–H groups in total. The van der Waals surface area contributed by atoms with Crippen LogP contribution in [0, 0.1) is 33.6 Å². The first kappa shape index (κ1) is 34.1. The predicted octanol–water partition coefficient (Wildman–Crippen LogP) is 9.99. The van der Waals surface area contributed by atoms with Gasteiger partial charge in [0.2, 0.25) is 0 Å². The van der Waals surface area contributed by atoms with E-state index in [9.17, 15) is 0 Å². The number of benzene rings is 4. The van der Waals surface area contributed by atoms with Crippen LogP contribution in [0.1, 0.15) is 80.5 Å². The fourth-order valence-electron chi connectivity index (χ4n) is 7.36. The van der Waals surface area contributed by atoms with Crippen molar-refractivity contribution in [3.05, 3.63) is 119 Å². The summed E-state index contributed by atoms with van der Waals surface area (Å²) in [4.78, 5) is 0. The minimum Gasteiger partial charge on any atom is -0.0622 e. The van der Waals surface area contributed by atoms with Gasteiger partial charge in [0.15, 0.2) is 0 Å². The molecule has 0 aliphatic heterocycles. The van der Waals surface area contributed by atoms with Crippen LogP contribution in [0.4, 0.5) is 0 Å². The fourth-order valence-corrected chi connectivity index (χ4v) is 13.7. The quantitative estimate of drug-likeness (QED) is 0.138. The molecule has 0 heterocycles. The van der Waals surface area contributed by atoms with Crippen molar-refractivity contribution in [2.24, 2.45) is 5.92 Å². The van der Waals surface area contributed by atoms with Gasteiger partial charge in [-0.25, -0.2) is 0 Å². The van der Waals surface area contributed by atoms with Crippen LogP contribution in [0.3, 0.4) is 0 Å². The van der Waals surface area contributed by atoms with Crippen molar-refractivity contribution in [2.45, 2.75) is 97.3 Å². The van der Waals surface area contributed by atoms with E-state index in [0.29, 0.717) is 0 Å². The van der Waals surface area contributed by atoms with Gasteiger partial charge in [0.05, 0.1) is 0 Å². The minimum absolute atomic E-state index is 0. The van der Waals surface area contributed by atoms with Gasteiger partial charge >= 0.3 is 0 Å². The maximum absolute atomic E-state index is 2.52. The molecule has 3 heteroatoms. The van der Waals surface area contributed by atoms with E-state index >= 15 is 0 Å². The van der Waals surface area contributed by atoms with E-state index in [1.165, 1.54) is 73.6 Å². The molecule has 2 fully saturated rings. The second-order valence-corrected chi connectivity index (χ2v) is 17.9. The van der Waals surface area contributed by atoms with Gasteiger partial charge in [-0.15, -0.1) is 0 Å².